The molecule has 0 aromatic carbocycles. The quantitative estimate of drug-likeness (QED) is 0.710. The second-order valence-corrected chi connectivity index (χ2v) is 6.32. The van der Waals surface area contributed by atoms with Crippen LogP contribution in [0.5, 0.6) is 0 Å². The van der Waals surface area contributed by atoms with Crippen molar-refractivity contribution in [2.24, 2.45) is 0 Å². The van der Waals surface area contributed by atoms with Crippen molar-refractivity contribution in [3.63, 3.8) is 0 Å². The molecule has 1 rings (SSSR count). The highest BCUT2D eigenvalue weighted by molar-refractivity contribution is 7.92. The van der Waals surface area contributed by atoms with Gasteiger partial charge < -0.3 is 4.74 Å². The lowest BCUT2D eigenvalue weighted by Gasteiger charge is -2.21. The molecular formula is C10H18O4S. The van der Waals surface area contributed by atoms with E-state index < -0.39 is 9.84 Å². The van der Waals surface area contributed by atoms with E-state index in [1.54, 1.807) is 0 Å². The van der Waals surface area contributed by atoms with Crippen LogP contribution >= 0.6 is 0 Å². The largest absolute Gasteiger partial charge is 0.377 e. The summed E-state index contributed by atoms with van der Waals surface area (Å²) in [5.41, 5.74) is 0. The molecule has 0 unspecified atom stereocenters. The van der Waals surface area contributed by atoms with Crippen molar-refractivity contribution in [3.8, 4) is 0 Å². The van der Waals surface area contributed by atoms with Gasteiger partial charge in [0.15, 0.2) is 15.6 Å². The highest BCUT2D eigenvalue weighted by Crippen LogP contribution is 2.24. The number of methoxy groups -OCH3 is 1. The van der Waals surface area contributed by atoms with E-state index in [0.29, 0.717) is 12.8 Å². The monoisotopic (exact) mass is 234 g/mol. The summed E-state index contributed by atoms with van der Waals surface area (Å²) < 4.78 is 28.2. The Hall–Kier alpha value is -0.420. The first-order valence-corrected chi connectivity index (χ1v) is 7.00. The summed E-state index contributed by atoms with van der Waals surface area (Å²) >= 11 is 0. The minimum absolute atomic E-state index is 0.105. The van der Waals surface area contributed by atoms with Gasteiger partial charge >= 0.3 is 0 Å². The van der Waals surface area contributed by atoms with Gasteiger partial charge in [-0.2, -0.15) is 0 Å². The van der Waals surface area contributed by atoms with Crippen molar-refractivity contribution in [1.29, 1.82) is 0 Å². The highest BCUT2D eigenvalue weighted by atomic mass is 32.2. The van der Waals surface area contributed by atoms with Crippen molar-refractivity contribution < 1.29 is 17.9 Å². The second kappa shape index (κ2) is 5.61. The first-order chi connectivity index (χ1) is 7.06. The molecule has 0 aromatic rings. The fraction of sp³-hybridized carbons (Fsp3) is 0.900. The molecule has 0 aliphatic heterocycles. The number of hydrogen-bond donors (Lipinski definition) is 0. The fourth-order valence-corrected chi connectivity index (χ4v) is 3.79. The van der Waals surface area contributed by atoms with Crippen molar-refractivity contribution in [3.05, 3.63) is 0 Å². The summed E-state index contributed by atoms with van der Waals surface area (Å²) in [5.74, 6) is -0.700. The average molecular weight is 234 g/mol. The van der Waals surface area contributed by atoms with Gasteiger partial charge in [-0.1, -0.05) is 19.3 Å². The molecule has 0 heterocycles. The summed E-state index contributed by atoms with van der Waals surface area (Å²) in [6.07, 6.45) is 4.45. The number of sulfone groups is 1. The van der Waals surface area contributed by atoms with Gasteiger partial charge in [0.05, 0.1) is 5.25 Å². The van der Waals surface area contributed by atoms with Crippen molar-refractivity contribution in [2.75, 3.05) is 19.5 Å². The Bertz CT molecular complexity index is 301. The minimum atomic E-state index is -3.23. The lowest BCUT2D eigenvalue weighted by Crippen LogP contribution is -2.31. The molecule has 5 heteroatoms. The lowest BCUT2D eigenvalue weighted by molar-refractivity contribution is -0.120. The molecule has 1 fully saturated rings. The maximum absolute atomic E-state index is 11.8. The molecule has 1 saturated carbocycles. The van der Waals surface area contributed by atoms with Crippen LogP contribution in [0.2, 0.25) is 0 Å². The first kappa shape index (κ1) is 12.6. The van der Waals surface area contributed by atoms with Gasteiger partial charge in [0, 0.05) is 7.11 Å². The number of Topliss-reactive ketones (excluding diaryl/α,β-unsaturated/α-hetero) is 1. The van der Waals surface area contributed by atoms with Crippen LogP contribution < -0.4 is 0 Å². The molecule has 0 bridgehead atoms. The van der Waals surface area contributed by atoms with E-state index in [2.05, 4.69) is 4.74 Å². The van der Waals surface area contributed by atoms with Crippen LogP contribution in [0.25, 0.3) is 0 Å². The van der Waals surface area contributed by atoms with Crippen molar-refractivity contribution in [2.45, 2.75) is 37.4 Å². The van der Waals surface area contributed by atoms with E-state index in [0.717, 1.165) is 19.3 Å². The Balaban J connectivity index is 2.53. The molecule has 1 aliphatic rings. The van der Waals surface area contributed by atoms with Crippen molar-refractivity contribution in [1.82, 2.24) is 0 Å². The summed E-state index contributed by atoms with van der Waals surface area (Å²) in [6.45, 7) is -0.105. The van der Waals surface area contributed by atoms with E-state index >= 15 is 0 Å². The van der Waals surface area contributed by atoms with Crippen LogP contribution in [0.4, 0.5) is 0 Å². The lowest BCUT2D eigenvalue weighted by atomic mass is 10.0. The molecule has 0 amide bonds. The molecule has 0 saturated heterocycles. The van der Waals surface area contributed by atoms with E-state index in [1.807, 2.05) is 0 Å². The van der Waals surface area contributed by atoms with Crippen LogP contribution in [0, 0.1) is 0 Å². The number of carbonyl (C=O) groups is 1. The Morgan fingerprint density at radius 2 is 1.87 bits per heavy atom. The van der Waals surface area contributed by atoms with Crippen LogP contribution in [0.3, 0.4) is 0 Å². The van der Waals surface area contributed by atoms with Crippen LogP contribution in [0.1, 0.15) is 32.1 Å². The molecule has 0 atom stereocenters. The van der Waals surface area contributed by atoms with Gasteiger partial charge in [-0.15, -0.1) is 0 Å². The number of ether oxygens (including phenoxy) is 1. The number of rotatable bonds is 5. The Morgan fingerprint density at radius 3 is 2.40 bits per heavy atom. The third kappa shape index (κ3) is 3.91. The molecule has 0 N–H and O–H groups in total. The summed E-state index contributed by atoms with van der Waals surface area (Å²) in [5, 5.41) is -0.299. The van der Waals surface area contributed by atoms with Crippen LogP contribution in [-0.4, -0.2) is 38.9 Å². The van der Waals surface area contributed by atoms with Gasteiger partial charge in [0.25, 0.3) is 0 Å². The summed E-state index contributed by atoms with van der Waals surface area (Å²) in [7, 11) is -1.84. The third-order valence-electron chi connectivity index (χ3n) is 2.73. The summed E-state index contributed by atoms with van der Waals surface area (Å²) in [4.78, 5) is 11.2. The highest BCUT2D eigenvalue weighted by Gasteiger charge is 2.28. The van der Waals surface area contributed by atoms with Crippen molar-refractivity contribution >= 4 is 15.6 Å². The second-order valence-electron chi connectivity index (χ2n) is 4.04. The van der Waals surface area contributed by atoms with E-state index in [9.17, 15) is 13.2 Å². The van der Waals surface area contributed by atoms with E-state index in [4.69, 9.17) is 0 Å². The molecule has 0 radical (unpaired) electrons. The predicted molar refractivity (Wildman–Crippen MR) is 57.5 cm³/mol. The van der Waals surface area contributed by atoms with Gasteiger partial charge in [-0.05, 0) is 12.8 Å². The van der Waals surface area contributed by atoms with Gasteiger partial charge in [-0.25, -0.2) is 8.42 Å². The topological polar surface area (TPSA) is 60.4 Å². The number of hydrogen-bond acceptors (Lipinski definition) is 4. The molecule has 1 aliphatic carbocycles. The number of ketones is 1. The smallest absolute Gasteiger partial charge is 0.173 e. The first-order valence-electron chi connectivity index (χ1n) is 5.28. The maximum atomic E-state index is 11.8. The number of carbonyl (C=O) groups excluding carboxylic acids is 1. The summed E-state index contributed by atoms with van der Waals surface area (Å²) in [6, 6.07) is 0. The zero-order valence-corrected chi connectivity index (χ0v) is 9.88. The third-order valence-corrected chi connectivity index (χ3v) is 4.94. The van der Waals surface area contributed by atoms with Gasteiger partial charge in [-0.3, -0.25) is 4.79 Å². The Morgan fingerprint density at radius 1 is 1.27 bits per heavy atom. The molecule has 0 spiro atoms. The minimum Gasteiger partial charge on any atom is -0.377 e. The standard InChI is InChI=1S/C10H18O4S/c1-14-7-9(11)8-15(12,13)10-5-3-2-4-6-10/h10H,2-8H2,1H3. The molecule has 0 aromatic heterocycles. The average Bonchev–Trinajstić information content (AvgIpc) is 2.18. The van der Waals surface area contributed by atoms with E-state index in [1.165, 1.54) is 7.11 Å². The zero-order valence-electron chi connectivity index (χ0n) is 9.07. The van der Waals surface area contributed by atoms with Gasteiger partial charge in [0.1, 0.15) is 12.4 Å². The maximum Gasteiger partial charge on any atom is 0.173 e. The van der Waals surface area contributed by atoms with E-state index in [-0.39, 0.29) is 23.4 Å². The molecule has 88 valence electrons. The zero-order chi connectivity index (χ0) is 11.3. The SMILES string of the molecule is COCC(=O)CS(=O)(=O)C1CCCCC1. The fourth-order valence-electron chi connectivity index (χ4n) is 1.97. The Kier molecular flexibility index (Phi) is 4.73. The molecule has 4 nitrogen and oxygen atoms in total. The Labute approximate surface area is 90.9 Å². The van der Waals surface area contributed by atoms with Crippen LogP contribution in [-0.2, 0) is 19.4 Å². The van der Waals surface area contributed by atoms with Gasteiger partial charge in [0.2, 0.25) is 0 Å². The molecule has 15 heavy (non-hydrogen) atoms. The normalized spacial score (nSPS) is 19.0. The van der Waals surface area contributed by atoms with Crippen LogP contribution in [0.15, 0.2) is 0 Å². The predicted octanol–water partition coefficient (Wildman–Crippen LogP) is 0.949. The molecular weight excluding hydrogens is 216 g/mol.